The van der Waals surface area contributed by atoms with Crippen LogP contribution < -0.4 is 5.32 Å². The van der Waals surface area contributed by atoms with Gasteiger partial charge in [-0.3, -0.25) is 4.68 Å². The van der Waals surface area contributed by atoms with E-state index in [1.165, 1.54) is 37.1 Å². The summed E-state index contributed by atoms with van der Waals surface area (Å²) in [5, 5.41) is 8.11. The summed E-state index contributed by atoms with van der Waals surface area (Å²) in [6.07, 6.45) is 6.61. The molecule has 1 aliphatic heterocycles. The molecule has 1 aliphatic rings. The molecule has 0 aliphatic carbocycles. The summed E-state index contributed by atoms with van der Waals surface area (Å²) in [7, 11) is 2.20. The van der Waals surface area contributed by atoms with Crippen molar-refractivity contribution in [2.75, 3.05) is 20.1 Å². The lowest BCUT2D eigenvalue weighted by atomic mass is 10.1. The van der Waals surface area contributed by atoms with Crippen LogP contribution in [0.15, 0.2) is 42.7 Å². The van der Waals surface area contributed by atoms with Crippen LogP contribution in [-0.2, 0) is 13.1 Å². The van der Waals surface area contributed by atoms with Gasteiger partial charge in [0.25, 0.3) is 0 Å². The number of benzene rings is 1. The molecule has 1 aromatic carbocycles. The Bertz CT molecular complexity index is 541. The number of piperidine rings is 1. The number of hydrogen-bond acceptors (Lipinski definition) is 3. The topological polar surface area (TPSA) is 33.1 Å². The van der Waals surface area contributed by atoms with Gasteiger partial charge in [0, 0.05) is 24.3 Å². The van der Waals surface area contributed by atoms with Gasteiger partial charge in [-0.25, -0.2) is 0 Å². The van der Waals surface area contributed by atoms with Crippen LogP contribution in [0.1, 0.15) is 24.0 Å². The zero-order valence-corrected chi connectivity index (χ0v) is 12.7. The van der Waals surface area contributed by atoms with Gasteiger partial charge in [0.05, 0.1) is 12.7 Å². The van der Waals surface area contributed by atoms with Crippen LogP contribution >= 0.6 is 0 Å². The van der Waals surface area contributed by atoms with Crippen LogP contribution in [0.3, 0.4) is 0 Å². The molecule has 1 saturated heterocycles. The minimum Gasteiger partial charge on any atom is -0.310 e. The maximum atomic E-state index is 4.46. The first kappa shape index (κ1) is 14.3. The minimum atomic E-state index is 0.652. The quantitative estimate of drug-likeness (QED) is 0.913. The van der Waals surface area contributed by atoms with Crippen molar-refractivity contribution in [3.63, 3.8) is 0 Å². The molecule has 2 aromatic rings. The molecule has 1 fully saturated rings. The summed E-state index contributed by atoms with van der Waals surface area (Å²) in [4.78, 5) is 2.40. The summed E-state index contributed by atoms with van der Waals surface area (Å²) in [5.74, 6) is 0. The summed E-state index contributed by atoms with van der Waals surface area (Å²) in [6.45, 7) is 4.16. The molecular formula is C17H24N4. The maximum Gasteiger partial charge on any atom is 0.0659 e. The number of aromatic nitrogens is 2. The van der Waals surface area contributed by atoms with Gasteiger partial charge in [-0.2, -0.15) is 5.10 Å². The monoisotopic (exact) mass is 284 g/mol. The van der Waals surface area contributed by atoms with Crippen molar-refractivity contribution in [2.45, 2.75) is 32.0 Å². The molecule has 0 unspecified atom stereocenters. The van der Waals surface area contributed by atoms with E-state index in [4.69, 9.17) is 0 Å². The van der Waals surface area contributed by atoms with Gasteiger partial charge in [0.1, 0.15) is 0 Å². The van der Waals surface area contributed by atoms with Gasteiger partial charge < -0.3 is 10.2 Å². The second kappa shape index (κ2) is 6.87. The molecule has 0 amide bonds. The van der Waals surface area contributed by atoms with Crippen LogP contribution in [0.25, 0.3) is 0 Å². The third kappa shape index (κ3) is 4.16. The van der Waals surface area contributed by atoms with Crippen LogP contribution in [0.5, 0.6) is 0 Å². The van der Waals surface area contributed by atoms with Crippen molar-refractivity contribution in [2.24, 2.45) is 0 Å². The Morgan fingerprint density at radius 3 is 2.67 bits per heavy atom. The molecule has 0 saturated carbocycles. The van der Waals surface area contributed by atoms with E-state index in [2.05, 4.69) is 52.8 Å². The van der Waals surface area contributed by atoms with Gasteiger partial charge in [-0.1, -0.05) is 30.3 Å². The van der Waals surface area contributed by atoms with Crippen LogP contribution in [0.4, 0.5) is 0 Å². The Kier molecular flexibility index (Phi) is 4.68. The van der Waals surface area contributed by atoms with E-state index in [-0.39, 0.29) is 0 Å². The van der Waals surface area contributed by atoms with Crippen LogP contribution in [0.2, 0.25) is 0 Å². The van der Waals surface area contributed by atoms with Gasteiger partial charge in [0.2, 0.25) is 0 Å². The normalized spacial score (nSPS) is 17.2. The van der Waals surface area contributed by atoms with E-state index < -0.39 is 0 Å². The summed E-state index contributed by atoms with van der Waals surface area (Å²) in [6, 6.07) is 11.1. The third-order valence-corrected chi connectivity index (χ3v) is 4.19. The number of nitrogens with one attached hydrogen (secondary N) is 1. The highest BCUT2D eigenvalue weighted by Gasteiger charge is 2.15. The molecule has 1 aromatic heterocycles. The maximum absolute atomic E-state index is 4.46. The van der Waals surface area contributed by atoms with E-state index in [1.54, 1.807) is 0 Å². The molecule has 0 radical (unpaired) electrons. The number of rotatable bonds is 5. The van der Waals surface area contributed by atoms with Crippen LogP contribution in [0, 0.1) is 0 Å². The first-order valence-electron chi connectivity index (χ1n) is 7.77. The average Bonchev–Trinajstić information content (AvgIpc) is 2.95. The highest BCUT2D eigenvalue weighted by molar-refractivity contribution is 5.15. The predicted molar refractivity (Wildman–Crippen MR) is 85.1 cm³/mol. The summed E-state index contributed by atoms with van der Waals surface area (Å²) in [5.41, 5.74) is 2.56. The van der Waals surface area contributed by atoms with Gasteiger partial charge in [0.15, 0.2) is 0 Å². The molecule has 1 N–H and O–H groups in total. The molecule has 0 atom stereocenters. The van der Waals surface area contributed by atoms with E-state index in [9.17, 15) is 0 Å². The fraction of sp³-hybridized carbons (Fsp3) is 0.471. The molecule has 4 heteroatoms. The second-order valence-corrected chi connectivity index (χ2v) is 5.99. The molecule has 21 heavy (non-hydrogen) atoms. The molecule has 0 spiro atoms. The van der Waals surface area contributed by atoms with E-state index in [1.807, 2.05) is 16.9 Å². The highest BCUT2D eigenvalue weighted by Crippen LogP contribution is 2.09. The van der Waals surface area contributed by atoms with Gasteiger partial charge in [-0.05, 0) is 38.5 Å². The Hall–Kier alpha value is -1.65. The Morgan fingerprint density at radius 2 is 1.90 bits per heavy atom. The number of nitrogens with zero attached hydrogens (tertiary/aromatic N) is 3. The Morgan fingerprint density at radius 1 is 1.14 bits per heavy atom. The average molecular weight is 284 g/mol. The fourth-order valence-electron chi connectivity index (χ4n) is 2.83. The number of hydrogen-bond donors (Lipinski definition) is 1. The molecule has 2 heterocycles. The van der Waals surface area contributed by atoms with Crippen LogP contribution in [-0.4, -0.2) is 40.9 Å². The largest absolute Gasteiger partial charge is 0.310 e. The summed E-state index contributed by atoms with van der Waals surface area (Å²) < 4.78 is 2.01. The van der Waals surface area contributed by atoms with E-state index >= 15 is 0 Å². The highest BCUT2D eigenvalue weighted by atomic mass is 15.3. The lowest BCUT2D eigenvalue weighted by Gasteiger charge is -2.29. The molecule has 3 rings (SSSR count). The summed E-state index contributed by atoms with van der Waals surface area (Å²) >= 11 is 0. The number of likely N-dealkylation sites (tertiary alicyclic amines) is 1. The van der Waals surface area contributed by atoms with Crippen molar-refractivity contribution in [3.05, 3.63) is 53.9 Å². The minimum absolute atomic E-state index is 0.652. The molecular weight excluding hydrogens is 260 g/mol. The van der Waals surface area contributed by atoms with E-state index in [0.29, 0.717) is 6.04 Å². The van der Waals surface area contributed by atoms with Crippen molar-refractivity contribution in [1.82, 2.24) is 20.0 Å². The van der Waals surface area contributed by atoms with Crippen molar-refractivity contribution >= 4 is 0 Å². The molecule has 0 bridgehead atoms. The second-order valence-electron chi connectivity index (χ2n) is 5.99. The lowest BCUT2D eigenvalue weighted by molar-refractivity contribution is 0.234. The Balaban J connectivity index is 1.49. The predicted octanol–water partition coefficient (Wildman–Crippen LogP) is 2.12. The SMILES string of the molecule is CN1CCC(NCc2cnn(Cc3ccccc3)c2)CC1. The standard InChI is InChI=1S/C17H24N4/c1-20-9-7-17(8-10-20)18-11-16-12-19-21(14-16)13-15-5-3-2-4-6-15/h2-6,12,14,17-18H,7-11,13H2,1H3. The first-order chi connectivity index (χ1) is 10.3. The lowest BCUT2D eigenvalue weighted by Crippen LogP contribution is -2.40. The van der Waals surface area contributed by atoms with Crippen molar-refractivity contribution in [3.8, 4) is 0 Å². The zero-order chi connectivity index (χ0) is 14.5. The molecule has 112 valence electrons. The fourth-order valence-corrected chi connectivity index (χ4v) is 2.83. The van der Waals surface area contributed by atoms with Crippen molar-refractivity contribution in [1.29, 1.82) is 0 Å². The van der Waals surface area contributed by atoms with Crippen molar-refractivity contribution < 1.29 is 0 Å². The molecule has 4 nitrogen and oxygen atoms in total. The third-order valence-electron chi connectivity index (χ3n) is 4.19. The Labute approximate surface area is 126 Å². The van der Waals surface area contributed by atoms with Gasteiger partial charge >= 0.3 is 0 Å². The first-order valence-corrected chi connectivity index (χ1v) is 7.77. The zero-order valence-electron chi connectivity index (χ0n) is 12.7. The smallest absolute Gasteiger partial charge is 0.0659 e. The van der Waals surface area contributed by atoms with Gasteiger partial charge in [-0.15, -0.1) is 0 Å². The van der Waals surface area contributed by atoms with E-state index in [0.717, 1.165) is 13.1 Å².